The largest absolute Gasteiger partial charge is 0.0622 e. The molecule has 0 saturated heterocycles. The summed E-state index contributed by atoms with van der Waals surface area (Å²) >= 11 is 0. The molecule has 0 aliphatic heterocycles. The fourth-order valence-corrected chi connectivity index (χ4v) is 7.49. The van der Waals surface area contributed by atoms with Crippen LogP contribution in [0.2, 0.25) is 0 Å². The molecule has 0 nitrogen and oxygen atoms in total. The highest BCUT2D eigenvalue weighted by atomic mass is 14.4. The lowest BCUT2D eigenvalue weighted by Crippen LogP contribution is -2.00. The molecule has 7 aromatic rings. The molecular formula is C44H34. The molecule has 0 unspecified atom stereocenters. The van der Waals surface area contributed by atoms with E-state index in [0.717, 1.165) is 12.8 Å². The van der Waals surface area contributed by atoms with Crippen LogP contribution < -0.4 is 0 Å². The summed E-state index contributed by atoms with van der Waals surface area (Å²) in [7, 11) is 0. The maximum Gasteiger partial charge on any atom is -0.000431 e. The quantitative estimate of drug-likeness (QED) is 0.189. The zero-order valence-electron chi connectivity index (χ0n) is 25.3. The molecule has 0 heterocycles. The van der Waals surface area contributed by atoms with Crippen LogP contribution in [0, 0.1) is 0 Å². The third-order valence-electron chi connectivity index (χ3n) is 9.37. The van der Waals surface area contributed by atoms with Gasteiger partial charge in [0.1, 0.15) is 0 Å². The van der Waals surface area contributed by atoms with Gasteiger partial charge < -0.3 is 0 Å². The molecule has 7 aromatic carbocycles. The van der Waals surface area contributed by atoms with Crippen molar-refractivity contribution >= 4 is 10.8 Å². The predicted octanol–water partition coefficient (Wildman–Crippen LogP) is 12.3. The zero-order chi connectivity index (χ0) is 29.6. The molecule has 44 heavy (non-hydrogen) atoms. The van der Waals surface area contributed by atoms with E-state index in [-0.39, 0.29) is 0 Å². The summed E-state index contributed by atoms with van der Waals surface area (Å²) in [4.78, 5) is 0. The molecule has 0 N–H and O–H groups in total. The Bertz CT molecular complexity index is 1990. The molecule has 0 spiro atoms. The smallest absolute Gasteiger partial charge is 0.000431 e. The lowest BCUT2D eigenvalue weighted by atomic mass is 9.76. The Morgan fingerprint density at radius 2 is 0.591 bits per heavy atom. The topological polar surface area (TPSA) is 0 Å². The molecule has 0 saturated carbocycles. The SMILES string of the molecule is CCc1ccc2ccc(CC)c3c2c1-c1c(-c2ccccc2)c(-c2ccccc2)c(-c2ccccc2)c(-c2ccccc2)c1-3. The molecule has 0 heteroatoms. The molecule has 0 fully saturated rings. The Balaban J connectivity index is 1.72. The molecule has 0 radical (unpaired) electrons. The van der Waals surface area contributed by atoms with Gasteiger partial charge in [-0.05, 0) is 102 Å². The van der Waals surface area contributed by atoms with Crippen molar-refractivity contribution in [2.24, 2.45) is 0 Å². The summed E-state index contributed by atoms with van der Waals surface area (Å²) in [5, 5.41) is 2.73. The van der Waals surface area contributed by atoms with E-state index in [1.54, 1.807) is 0 Å². The Hall–Kier alpha value is -5.20. The van der Waals surface area contributed by atoms with Gasteiger partial charge in [0.05, 0.1) is 0 Å². The highest BCUT2D eigenvalue weighted by Gasteiger charge is 2.35. The van der Waals surface area contributed by atoms with Crippen LogP contribution in [0.5, 0.6) is 0 Å². The Morgan fingerprint density at radius 3 is 0.886 bits per heavy atom. The molecule has 0 atom stereocenters. The summed E-state index contributed by atoms with van der Waals surface area (Å²) in [6.07, 6.45) is 1.97. The van der Waals surface area contributed by atoms with Gasteiger partial charge in [0.2, 0.25) is 0 Å². The summed E-state index contributed by atoms with van der Waals surface area (Å²) < 4.78 is 0. The first-order chi connectivity index (χ1) is 21.8. The van der Waals surface area contributed by atoms with E-state index in [2.05, 4.69) is 159 Å². The maximum absolute atomic E-state index is 2.37. The van der Waals surface area contributed by atoms with E-state index in [1.807, 2.05) is 0 Å². The third kappa shape index (κ3) is 3.98. The molecule has 0 aromatic heterocycles. The van der Waals surface area contributed by atoms with Crippen molar-refractivity contribution < 1.29 is 0 Å². The molecule has 0 bridgehead atoms. The van der Waals surface area contributed by atoms with Crippen molar-refractivity contribution in [2.75, 3.05) is 0 Å². The number of rotatable bonds is 6. The van der Waals surface area contributed by atoms with Gasteiger partial charge in [0, 0.05) is 0 Å². The molecular weight excluding hydrogens is 528 g/mol. The van der Waals surface area contributed by atoms with Crippen molar-refractivity contribution in [3.8, 4) is 66.8 Å². The maximum atomic E-state index is 2.37. The van der Waals surface area contributed by atoms with Crippen LogP contribution >= 0.6 is 0 Å². The molecule has 0 amide bonds. The summed E-state index contributed by atoms with van der Waals surface area (Å²) in [5.41, 5.74) is 18.6. The van der Waals surface area contributed by atoms with Crippen LogP contribution in [0.3, 0.4) is 0 Å². The van der Waals surface area contributed by atoms with Gasteiger partial charge in [-0.25, -0.2) is 0 Å². The molecule has 8 rings (SSSR count). The monoisotopic (exact) mass is 562 g/mol. The second-order valence-electron chi connectivity index (χ2n) is 11.7. The van der Waals surface area contributed by atoms with Crippen molar-refractivity contribution in [3.05, 3.63) is 157 Å². The Kier molecular flexibility index (Phi) is 6.50. The first kappa shape index (κ1) is 26.4. The highest BCUT2D eigenvalue weighted by Crippen LogP contribution is 2.62. The van der Waals surface area contributed by atoms with E-state index >= 15 is 0 Å². The van der Waals surface area contributed by atoms with E-state index in [0.29, 0.717) is 0 Å². The van der Waals surface area contributed by atoms with Crippen molar-refractivity contribution in [1.29, 1.82) is 0 Å². The van der Waals surface area contributed by atoms with Crippen molar-refractivity contribution in [2.45, 2.75) is 26.7 Å². The second-order valence-corrected chi connectivity index (χ2v) is 11.7. The van der Waals surface area contributed by atoms with Gasteiger partial charge in [0.25, 0.3) is 0 Å². The minimum absolute atomic E-state index is 0.983. The number of aryl methyl sites for hydroxylation is 2. The fourth-order valence-electron chi connectivity index (χ4n) is 7.49. The predicted molar refractivity (Wildman–Crippen MR) is 189 cm³/mol. The van der Waals surface area contributed by atoms with Crippen molar-refractivity contribution in [1.82, 2.24) is 0 Å². The van der Waals surface area contributed by atoms with Crippen LogP contribution in [0.4, 0.5) is 0 Å². The van der Waals surface area contributed by atoms with E-state index in [1.165, 1.54) is 88.7 Å². The van der Waals surface area contributed by atoms with E-state index < -0.39 is 0 Å². The molecule has 210 valence electrons. The third-order valence-corrected chi connectivity index (χ3v) is 9.37. The van der Waals surface area contributed by atoms with Crippen LogP contribution in [0.25, 0.3) is 77.5 Å². The van der Waals surface area contributed by atoms with Gasteiger partial charge in [-0.1, -0.05) is 159 Å². The molecule has 1 aliphatic carbocycles. The summed E-state index contributed by atoms with van der Waals surface area (Å²) in [6.45, 7) is 4.60. The minimum Gasteiger partial charge on any atom is -0.0622 e. The average Bonchev–Trinajstić information content (AvgIpc) is 3.46. The average molecular weight is 563 g/mol. The second kappa shape index (κ2) is 10.8. The van der Waals surface area contributed by atoms with Crippen LogP contribution in [0.15, 0.2) is 146 Å². The van der Waals surface area contributed by atoms with Crippen LogP contribution in [-0.4, -0.2) is 0 Å². The zero-order valence-corrected chi connectivity index (χ0v) is 25.3. The fraction of sp³-hybridized carbons (Fsp3) is 0.0909. The minimum atomic E-state index is 0.983. The van der Waals surface area contributed by atoms with Crippen LogP contribution in [-0.2, 0) is 12.8 Å². The number of hydrogen-bond acceptors (Lipinski definition) is 0. The molecule has 1 aliphatic rings. The summed E-state index contributed by atoms with van der Waals surface area (Å²) in [6, 6.07) is 53.7. The van der Waals surface area contributed by atoms with Gasteiger partial charge in [-0.15, -0.1) is 0 Å². The lowest BCUT2D eigenvalue weighted by molar-refractivity contribution is 1.15. The van der Waals surface area contributed by atoms with Gasteiger partial charge in [0.15, 0.2) is 0 Å². The number of benzene rings is 7. The van der Waals surface area contributed by atoms with Gasteiger partial charge in [-0.2, -0.15) is 0 Å². The van der Waals surface area contributed by atoms with Crippen molar-refractivity contribution in [3.63, 3.8) is 0 Å². The standard InChI is InChI=1S/C44H34/c1-3-29-25-27-35-28-26-30(4-2)37-40(35)36(29)43-41(33-21-13-7-14-22-33)38(31-17-9-5-10-18-31)39(32-19-11-6-12-20-32)42(44(37)43)34-23-15-8-16-24-34/h5-28H,3-4H2,1-2H3. The number of hydrogen-bond donors (Lipinski definition) is 0. The summed E-state index contributed by atoms with van der Waals surface area (Å²) in [5.74, 6) is 0. The van der Waals surface area contributed by atoms with Gasteiger partial charge in [-0.3, -0.25) is 0 Å². The first-order valence-electron chi connectivity index (χ1n) is 15.8. The Morgan fingerprint density at radius 1 is 0.295 bits per heavy atom. The number of fused-ring (bicyclic) bond motifs is 3. The van der Waals surface area contributed by atoms with E-state index in [9.17, 15) is 0 Å². The van der Waals surface area contributed by atoms with Gasteiger partial charge >= 0.3 is 0 Å². The first-order valence-corrected chi connectivity index (χ1v) is 15.8. The lowest BCUT2D eigenvalue weighted by Gasteiger charge is -2.27. The van der Waals surface area contributed by atoms with E-state index in [4.69, 9.17) is 0 Å². The van der Waals surface area contributed by atoms with Crippen LogP contribution in [0.1, 0.15) is 25.0 Å². The normalized spacial score (nSPS) is 11.6. The Labute approximate surface area is 260 Å². The highest BCUT2D eigenvalue weighted by molar-refractivity contribution is 6.27.